The van der Waals surface area contributed by atoms with Gasteiger partial charge in [-0.1, -0.05) is 0 Å². The molecule has 0 unspecified atom stereocenters. The highest BCUT2D eigenvalue weighted by Gasteiger charge is 2.36. The molecule has 1 amide bonds. The van der Waals surface area contributed by atoms with Crippen molar-refractivity contribution in [3.63, 3.8) is 0 Å². The van der Waals surface area contributed by atoms with Crippen LogP contribution in [0.4, 0.5) is 0 Å². The van der Waals surface area contributed by atoms with E-state index in [1.165, 1.54) is 0 Å². The molecule has 0 N–H and O–H groups in total. The lowest BCUT2D eigenvalue weighted by molar-refractivity contribution is -0.153. The van der Waals surface area contributed by atoms with Gasteiger partial charge in [-0.05, 0) is 32.6 Å². The Kier molecular flexibility index (Phi) is 5.19. The molecule has 108 valence electrons. The van der Waals surface area contributed by atoms with Crippen molar-refractivity contribution in [2.75, 3.05) is 32.9 Å². The molecular weight excluding hydrogens is 246 g/mol. The van der Waals surface area contributed by atoms with Crippen LogP contribution < -0.4 is 0 Å². The molecule has 0 aromatic carbocycles. The highest BCUT2D eigenvalue weighted by molar-refractivity contribution is 5.81. The molecule has 1 saturated carbocycles. The van der Waals surface area contributed by atoms with E-state index in [9.17, 15) is 9.59 Å². The number of hydrogen-bond acceptors (Lipinski definition) is 4. The van der Waals surface area contributed by atoms with Crippen molar-refractivity contribution >= 4 is 11.9 Å². The van der Waals surface area contributed by atoms with Gasteiger partial charge in [0.15, 0.2) is 0 Å². The van der Waals surface area contributed by atoms with Crippen LogP contribution in [0, 0.1) is 11.8 Å². The first kappa shape index (κ1) is 14.3. The molecule has 0 aromatic rings. The van der Waals surface area contributed by atoms with Crippen molar-refractivity contribution in [1.29, 1.82) is 0 Å². The lowest BCUT2D eigenvalue weighted by atomic mass is 9.97. The topological polar surface area (TPSA) is 55.8 Å². The predicted molar refractivity (Wildman–Crippen MR) is 69.5 cm³/mol. The third kappa shape index (κ3) is 4.20. The van der Waals surface area contributed by atoms with Gasteiger partial charge < -0.3 is 14.4 Å². The summed E-state index contributed by atoms with van der Waals surface area (Å²) in [6.45, 7) is 4.73. The first-order chi connectivity index (χ1) is 9.22. The van der Waals surface area contributed by atoms with E-state index in [1.54, 1.807) is 0 Å². The van der Waals surface area contributed by atoms with E-state index in [0.717, 1.165) is 25.7 Å². The maximum absolute atomic E-state index is 11.9. The van der Waals surface area contributed by atoms with E-state index in [2.05, 4.69) is 0 Å². The first-order valence-corrected chi connectivity index (χ1v) is 7.25. The summed E-state index contributed by atoms with van der Waals surface area (Å²) >= 11 is 0. The Morgan fingerprint density at radius 2 is 1.74 bits per heavy atom. The Morgan fingerprint density at radius 1 is 1.05 bits per heavy atom. The van der Waals surface area contributed by atoms with E-state index in [-0.39, 0.29) is 23.7 Å². The van der Waals surface area contributed by atoms with Gasteiger partial charge in [-0.2, -0.15) is 0 Å². The molecule has 2 aliphatic rings. The van der Waals surface area contributed by atoms with E-state index >= 15 is 0 Å². The molecule has 1 heterocycles. The average Bonchev–Trinajstić information content (AvgIpc) is 3.27. The summed E-state index contributed by atoms with van der Waals surface area (Å²) in [5, 5.41) is 0. The van der Waals surface area contributed by atoms with Gasteiger partial charge in [-0.25, -0.2) is 0 Å². The van der Waals surface area contributed by atoms with E-state index < -0.39 is 0 Å². The predicted octanol–water partition coefficient (Wildman–Crippen LogP) is 1.21. The molecule has 0 atom stereocenters. The van der Waals surface area contributed by atoms with Crippen LogP contribution in [0.15, 0.2) is 0 Å². The molecule has 2 fully saturated rings. The molecule has 5 heteroatoms. The zero-order valence-corrected chi connectivity index (χ0v) is 11.6. The van der Waals surface area contributed by atoms with Gasteiger partial charge in [0.2, 0.25) is 5.91 Å². The van der Waals surface area contributed by atoms with Gasteiger partial charge in [0.25, 0.3) is 0 Å². The van der Waals surface area contributed by atoms with Crippen molar-refractivity contribution in [3.05, 3.63) is 0 Å². The Hall–Kier alpha value is -1.10. The van der Waals surface area contributed by atoms with Gasteiger partial charge in [-0.15, -0.1) is 0 Å². The molecule has 19 heavy (non-hydrogen) atoms. The highest BCUT2D eigenvalue weighted by Crippen LogP contribution is 2.32. The van der Waals surface area contributed by atoms with Crippen molar-refractivity contribution in [2.45, 2.75) is 32.6 Å². The Balaban J connectivity index is 1.64. The van der Waals surface area contributed by atoms with Gasteiger partial charge in [-0.3, -0.25) is 9.59 Å². The summed E-state index contributed by atoms with van der Waals surface area (Å²) in [6, 6.07) is 0. The van der Waals surface area contributed by atoms with Crippen LogP contribution >= 0.6 is 0 Å². The number of likely N-dealkylation sites (tertiary alicyclic amines) is 1. The fourth-order valence-electron chi connectivity index (χ4n) is 2.39. The van der Waals surface area contributed by atoms with Crippen molar-refractivity contribution in [1.82, 2.24) is 4.90 Å². The summed E-state index contributed by atoms with van der Waals surface area (Å²) in [7, 11) is 0. The third-order valence-corrected chi connectivity index (χ3v) is 3.74. The number of hydrogen-bond donors (Lipinski definition) is 0. The van der Waals surface area contributed by atoms with E-state index in [0.29, 0.717) is 32.9 Å². The molecule has 1 saturated heterocycles. The molecule has 0 spiro atoms. The minimum atomic E-state index is -0.141. The average molecular weight is 269 g/mol. The van der Waals surface area contributed by atoms with Crippen LogP contribution in [0.1, 0.15) is 32.6 Å². The van der Waals surface area contributed by atoms with Crippen molar-refractivity contribution < 1.29 is 19.1 Å². The molecule has 5 nitrogen and oxygen atoms in total. The van der Waals surface area contributed by atoms with Gasteiger partial charge in [0.1, 0.15) is 6.61 Å². The zero-order valence-electron chi connectivity index (χ0n) is 11.6. The van der Waals surface area contributed by atoms with Crippen molar-refractivity contribution in [3.8, 4) is 0 Å². The number of carbonyl (C=O) groups excluding carboxylic acids is 2. The monoisotopic (exact) mass is 269 g/mol. The number of carbonyl (C=O) groups is 2. The number of nitrogens with zero attached hydrogens (tertiary/aromatic N) is 1. The minimum Gasteiger partial charge on any atom is -0.463 e. The standard InChI is InChI=1S/C14H23NO4/c1-2-18-9-10-19-14(17)12-5-7-15(8-6-12)13(16)11-3-4-11/h11-12H,2-10H2,1H3. The van der Waals surface area contributed by atoms with Gasteiger partial charge in [0, 0.05) is 25.6 Å². The highest BCUT2D eigenvalue weighted by atomic mass is 16.6. The van der Waals surface area contributed by atoms with E-state index in [4.69, 9.17) is 9.47 Å². The lowest BCUT2D eigenvalue weighted by Crippen LogP contribution is -2.41. The van der Waals surface area contributed by atoms with Crippen LogP contribution in [0.5, 0.6) is 0 Å². The SMILES string of the molecule is CCOCCOC(=O)C1CCN(C(=O)C2CC2)CC1. The minimum absolute atomic E-state index is 0.0510. The van der Waals surface area contributed by atoms with Gasteiger partial charge in [0.05, 0.1) is 12.5 Å². The normalized spacial score (nSPS) is 20.4. The van der Waals surface area contributed by atoms with Crippen LogP contribution in [0.25, 0.3) is 0 Å². The fraction of sp³-hybridized carbons (Fsp3) is 0.857. The molecule has 1 aliphatic carbocycles. The number of rotatable bonds is 6. The smallest absolute Gasteiger partial charge is 0.309 e. The second-order valence-electron chi connectivity index (χ2n) is 5.24. The van der Waals surface area contributed by atoms with Crippen molar-refractivity contribution in [2.24, 2.45) is 11.8 Å². The maximum Gasteiger partial charge on any atom is 0.309 e. The largest absolute Gasteiger partial charge is 0.463 e. The number of piperidine rings is 1. The third-order valence-electron chi connectivity index (χ3n) is 3.74. The lowest BCUT2D eigenvalue weighted by Gasteiger charge is -2.31. The summed E-state index contributed by atoms with van der Waals surface area (Å²) in [5.74, 6) is 0.362. The van der Waals surface area contributed by atoms with Crippen LogP contribution in [-0.4, -0.2) is 49.7 Å². The second-order valence-corrected chi connectivity index (χ2v) is 5.24. The molecule has 0 bridgehead atoms. The Labute approximate surface area is 114 Å². The zero-order chi connectivity index (χ0) is 13.7. The maximum atomic E-state index is 11.9. The molecular formula is C14H23NO4. The Bertz CT molecular complexity index is 319. The second kappa shape index (κ2) is 6.89. The molecule has 0 aromatic heterocycles. The number of esters is 1. The summed E-state index contributed by atoms with van der Waals surface area (Å²) < 4.78 is 10.3. The van der Waals surface area contributed by atoms with Crippen LogP contribution in [0.2, 0.25) is 0 Å². The fourth-order valence-corrected chi connectivity index (χ4v) is 2.39. The van der Waals surface area contributed by atoms with Crippen LogP contribution in [-0.2, 0) is 19.1 Å². The molecule has 2 rings (SSSR count). The van der Waals surface area contributed by atoms with Gasteiger partial charge >= 0.3 is 5.97 Å². The molecule has 0 radical (unpaired) electrons. The number of ether oxygens (including phenoxy) is 2. The summed E-state index contributed by atoms with van der Waals surface area (Å²) in [6.07, 6.45) is 3.54. The van der Waals surface area contributed by atoms with Crippen LogP contribution in [0.3, 0.4) is 0 Å². The molecule has 1 aliphatic heterocycles. The van der Waals surface area contributed by atoms with E-state index in [1.807, 2.05) is 11.8 Å². The summed E-state index contributed by atoms with van der Waals surface area (Å²) in [4.78, 5) is 25.6. The number of amides is 1. The quantitative estimate of drug-likeness (QED) is 0.537. The Morgan fingerprint density at radius 3 is 2.32 bits per heavy atom. The first-order valence-electron chi connectivity index (χ1n) is 7.25. The summed E-state index contributed by atoms with van der Waals surface area (Å²) in [5.41, 5.74) is 0.